The van der Waals surface area contributed by atoms with Crippen molar-refractivity contribution in [2.45, 2.75) is 25.7 Å². The third kappa shape index (κ3) is 5.33. The van der Waals surface area contributed by atoms with E-state index in [4.69, 9.17) is 5.73 Å². The maximum atomic E-state index is 6.34. The van der Waals surface area contributed by atoms with Gasteiger partial charge in [0.1, 0.15) is 0 Å². The summed E-state index contributed by atoms with van der Waals surface area (Å²) < 4.78 is 0. The van der Waals surface area contributed by atoms with E-state index >= 15 is 0 Å². The molecule has 0 radical (unpaired) electrons. The van der Waals surface area contributed by atoms with Crippen molar-refractivity contribution in [3.8, 4) is 33.4 Å². The van der Waals surface area contributed by atoms with Gasteiger partial charge in [0.15, 0.2) is 0 Å². The molecule has 0 aliphatic heterocycles. The first-order valence-electron chi connectivity index (χ1n) is 20.8. The molecule has 9 aromatic carbocycles. The van der Waals surface area contributed by atoms with Crippen molar-refractivity contribution in [2.24, 2.45) is 11.7 Å². The molecule has 2 nitrogen and oxygen atoms in total. The molecule has 12 rings (SSSR count). The van der Waals surface area contributed by atoms with E-state index in [1.807, 2.05) is 24.3 Å². The van der Waals surface area contributed by atoms with Crippen LogP contribution in [0.25, 0.3) is 65.7 Å². The number of anilines is 1. The van der Waals surface area contributed by atoms with E-state index in [0.29, 0.717) is 5.92 Å². The van der Waals surface area contributed by atoms with Crippen molar-refractivity contribution in [1.82, 2.24) is 0 Å². The van der Waals surface area contributed by atoms with Crippen LogP contribution in [0.2, 0.25) is 0 Å². The summed E-state index contributed by atoms with van der Waals surface area (Å²) >= 11 is 0. The Morgan fingerprint density at radius 1 is 0.525 bits per heavy atom. The summed E-state index contributed by atoms with van der Waals surface area (Å²) in [5, 5.41) is 11.4. The average Bonchev–Trinajstić information content (AvgIpc) is 3.76. The molecule has 1 spiro atoms. The van der Waals surface area contributed by atoms with Crippen LogP contribution >= 0.6 is 0 Å². The Bertz CT molecular complexity index is 3140. The van der Waals surface area contributed by atoms with E-state index in [2.05, 4.69) is 189 Å². The van der Waals surface area contributed by atoms with Crippen LogP contribution in [0.4, 0.5) is 5.69 Å². The summed E-state index contributed by atoms with van der Waals surface area (Å²) in [7, 11) is 0. The zero-order valence-electron chi connectivity index (χ0n) is 33.3. The molecule has 9 aromatic rings. The SMILES string of the molecule is CC1CC=CC(N)=C1Nc1ccc(-c2ccc3c4c(ccc3c2)-c2c(c3ccccc3c3ccccc23)C42c3ccccc3-c3ccccc32)cc1.Cc1ccccc1. The first-order valence-corrected chi connectivity index (χ1v) is 20.8. The summed E-state index contributed by atoms with van der Waals surface area (Å²) in [6.45, 7) is 4.30. The van der Waals surface area contributed by atoms with Gasteiger partial charge in [-0.2, -0.15) is 0 Å². The van der Waals surface area contributed by atoms with Crippen LogP contribution < -0.4 is 11.1 Å². The van der Waals surface area contributed by atoms with E-state index in [-0.39, 0.29) is 0 Å². The molecule has 1 unspecified atom stereocenters. The van der Waals surface area contributed by atoms with Gasteiger partial charge in [0, 0.05) is 17.3 Å². The standard InChI is InChI=1S/C50H36N2.C7H8/c1-30-11-10-20-45(51)49(30)52-34-25-21-31(22-26-34)32-23-27-35-33(29-32)24-28-42-46-40-16-4-2-12-36(40)37-13-3-5-17-41(37)48(46)50(47(35)42)43-18-8-6-14-38(43)39-15-7-9-19-44(39)50;1-7-5-3-2-4-6-7/h2-10,12-30,52H,11,51H2,1H3;2-6H,1H3. The van der Waals surface area contributed by atoms with E-state index in [9.17, 15) is 0 Å². The number of hydrogen-bond acceptors (Lipinski definition) is 2. The van der Waals surface area contributed by atoms with Crippen LogP contribution in [0.3, 0.4) is 0 Å². The van der Waals surface area contributed by atoms with Gasteiger partial charge < -0.3 is 11.1 Å². The van der Waals surface area contributed by atoms with Gasteiger partial charge in [0.25, 0.3) is 0 Å². The minimum atomic E-state index is -0.461. The summed E-state index contributed by atoms with van der Waals surface area (Å²) in [4.78, 5) is 0. The molecule has 2 heteroatoms. The molecular weight excluding hydrogens is 713 g/mol. The molecule has 0 amide bonds. The van der Waals surface area contributed by atoms with Crippen LogP contribution in [0.15, 0.2) is 206 Å². The molecule has 0 saturated carbocycles. The number of nitrogens with two attached hydrogens (primary N) is 1. The third-order valence-electron chi connectivity index (χ3n) is 13.0. The van der Waals surface area contributed by atoms with Gasteiger partial charge in [0.2, 0.25) is 0 Å². The van der Waals surface area contributed by atoms with Crippen LogP contribution in [0.1, 0.15) is 41.2 Å². The number of rotatable bonds is 3. The van der Waals surface area contributed by atoms with Gasteiger partial charge >= 0.3 is 0 Å². The van der Waals surface area contributed by atoms with Crippen molar-refractivity contribution in [3.05, 3.63) is 233 Å². The van der Waals surface area contributed by atoms with Crippen LogP contribution in [-0.2, 0) is 5.41 Å². The molecule has 59 heavy (non-hydrogen) atoms. The minimum absolute atomic E-state index is 0.371. The maximum absolute atomic E-state index is 6.34. The second-order valence-electron chi connectivity index (χ2n) is 16.4. The fourth-order valence-corrected chi connectivity index (χ4v) is 10.4. The molecule has 3 aliphatic carbocycles. The van der Waals surface area contributed by atoms with Crippen molar-refractivity contribution in [2.75, 3.05) is 5.32 Å². The van der Waals surface area contributed by atoms with E-state index in [1.165, 1.54) is 93.5 Å². The molecule has 0 saturated heterocycles. The monoisotopic (exact) mass is 756 g/mol. The lowest BCUT2D eigenvalue weighted by atomic mass is 9.68. The second-order valence-corrected chi connectivity index (χ2v) is 16.4. The summed E-state index contributed by atoms with van der Waals surface area (Å²) in [6, 6.07) is 67.2. The predicted molar refractivity (Wildman–Crippen MR) is 250 cm³/mol. The lowest BCUT2D eigenvalue weighted by Gasteiger charge is -2.32. The lowest BCUT2D eigenvalue weighted by Crippen LogP contribution is -2.26. The summed E-state index contributed by atoms with van der Waals surface area (Å²) in [6.07, 6.45) is 5.16. The smallest absolute Gasteiger partial charge is 0.0737 e. The van der Waals surface area contributed by atoms with Crippen molar-refractivity contribution < 1.29 is 0 Å². The molecule has 3 aliphatic rings. The van der Waals surface area contributed by atoms with Crippen LogP contribution in [-0.4, -0.2) is 0 Å². The Balaban J connectivity index is 0.000000517. The fraction of sp³-hybridized carbons (Fsp3) is 0.0877. The summed E-state index contributed by atoms with van der Waals surface area (Å²) in [5.74, 6) is 0.371. The number of fused-ring (bicyclic) bond motifs is 17. The second kappa shape index (κ2) is 13.7. The number of benzene rings is 9. The highest BCUT2D eigenvalue weighted by molar-refractivity contribution is 6.21. The highest BCUT2D eigenvalue weighted by Crippen LogP contribution is 2.66. The minimum Gasteiger partial charge on any atom is -0.397 e. The molecule has 3 N–H and O–H groups in total. The van der Waals surface area contributed by atoms with E-state index in [0.717, 1.165) is 23.5 Å². The van der Waals surface area contributed by atoms with E-state index in [1.54, 1.807) is 0 Å². The van der Waals surface area contributed by atoms with Crippen LogP contribution in [0, 0.1) is 12.8 Å². The molecule has 0 bridgehead atoms. The molecule has 1 atom stereocenters. The van der Waals surface area contributed by atoms with Crippen molar-refractivity contribution >= 4 is 38.0 Å². The normalized spacial score (nSPS) is 15.5. The summed E-state index contributed by atoms with van der Waals surface area (Å²) in [5.41, 5.74) is 23.5. The van der Waals surface area contributed by atoms with Gasteiger partial charge in [-0.1, -0.05) is 182 Å². The molecule has 0 aromatic heterocycles. The van der Waals surface area contributed by atoms with Crippen molar-refractivity contribution in [1.29, 1.82) is 0 Å². The molecule has 0 fully saturated rings. The lowest BCUT2D eigenvalue weighted by molar-refractivity contribution is 0.680. The maximum Gasteiger partial charge on any atom is 0.0737 e. The van der Waals surface area contributed by atoms with Gasteiger partial charge in [-0.3, -0.25) is 0 Å². The van der Waals surface area contributed by atoms with Gasteiger partial charge in [-0.25, -0.2) is 0 Å². The zero-order chi connectivity index (χ0) is 39.7. The number of hydrogen-bond donors (Lipinski definition) is 2. The van der Waals surface area contributed by atoms with Crippen LogP contribution in [0.5, 0.6) is 0 Å². The zero-order valence-corrected chi connectivity index (χ0v) is 33.3. The first kappa shape index (κ1) is 35.0. The number of allylic oxidation sites excluding steroid dienone is 3. The fourth-order valence-electron chi connectivity index (χ4n) is 10.4. The predicted octanol–water partition coefficient (Wildman–Crippen LogP) is 14.3. The Morgan fingerprint density at radius 3 is 1.78 bits per heavy atom. The van der Waals surface area contributed by atoms with E-state index < -0.39 is 5.41 Å². The van der Waals surface area contributed by atoms with Gasteiger partial charge in [0.05, 0.1) is 11.1 Å². The Morgan fingerprint density at radius 2 is 1.12 bits per heavy atom. The largest absolute Gasteiger partial charge is 0.397 e. The molecule has 0 heterocycles. The molecular formula is C57H44N2. The highest BCUT2D eigenvalue weighted by atomic mass is 14.9. The molecule has 282 valence electrons. The Hall–Kier alpha value is -7.16. The first-order chi connectivity index (χ1) is 29.0. The highest BCUT2D eigenvalue weighted by Gasteiger charge is 2.53. The Kier molecular flexibility index (Phi) is 8.16. The quantitative estimate of drug-likeness (QED) is 0.176. The number of aryl methyl sites for hydroxylation is 1. The number of nitrogens with one attached hydrogen (secondary N) is 1. The Labute approximate surface area is 346 Å². The van der Waals surface area contributed by atoms with Gasteiger partial charge in [-0.05, 0) is 126 Å². The third-order valence-corrected chi connectivity index (χ3v) is 13.0. The van der Waals surface area contributed by atoms with Gasteiger partial charge in [-0.15, -0.1) is 0 Å². The van der Waals surface area contributed by atoms with Crippen molar-refractivity contribution in [3.63, 3.8) is 0 Å². The topological polar surface area (TPSA) is 38.0 Å². The average molecular weight is 757 g/mol.